The van der Waals surface area contributed by atoms with Crippen molar-refractivity contribution in [2.45, 2.75) is 26.2 Å². The quantitative estimate of drug-likeness (QED) is 0.172. The van der Waals surface area contributed by atoms with Crippen molar-refractivity contribution in [2.24, 2.45) is 23.7 Å². The summed E-state index contributed by atoms with van der Waals surface area (Å²) in [6.07, 6.45) is 15.9. The lowest BCUT2D eigenvalue weighted by atomic mass is 9.60. The predicted octanol–water partition coefficient (Wildman–Crippen LogP) is 13.6. The van der Waals surface area contributed by atoms with E-state index in [4.69, 9.17) is 0 Å². The number of benzene rings is 6. The molecule has 6 aromatic carbocycles. The second-order valence-corrected chi connectivity index (χ2v) is 14.9. The van der Waals surface area contributed by atoms with Crippen LogP contribution in [0.15, 0.2) is 198 Å². The zero-order chi connectivity index (χ0) is 34.8. The summed E-state index contributed by atoms with van der Waals surface area (Å²) in [5.74, 6) is 1.95. The van der Waals surface area contributed by atoms with Crippen LogP contribution in [-0.2, 0) is 0 Å². The monoisotopic (exact) mass is 666 g/mol. The van der Waals surface area contributed by atoms with Crippen LogP contribution >= 0.6 is 0 Å². The lowest BCUT2D eigenvalue weighted by molar-refractivity contribution is 0.307. The van der Waals surface area contributed by atoms with E-state index >= 15 is 0 Å². The average Bonchev–Trinajstić information content (AvgIpc) is 3.55. The van der Waals surface area contributed by atoms with Crippen molar-refractivity contribution in [3.05, 3.63) is 215 Å². The highest BCUT2D eigenvalue weighted by Crippen LogP contribution is 2.65. The minimum atomic E-state index is 0.320. The summed E-state index contributed by atoms with van der Waals surface area (Å²) < 4.78 is 0. The van der Waals surface area contributed by atoms with Crippen molar-refractivity contribution < 1.29 is 0 Å². The van der Waals surface area contributed by atoms with Crippen LogP contribution in [0.25, 0.3) is 43.8 Å². The molecule has 1 fully saturated rings. The molecule has 0 bridgehead atoms. The van der Waals surface area contributed by atoms with Crippen LogP contribution in [0.2, 0.25) is 0 Å². The molecule has 1 saturated carbocycles. The van der Waals surface area contributed by atoms with Gasteiger partial charge in [-0.25, -0.2) is 0 Å². The fourth-order valence-corrected chi connectivity index (χ4v) is 10.5. The molecule has 0 aliphatic heterocycles. The summed E-state index contributed by atoms with van der Waals surface area (Å²) in [6, 6.07) is 51.9. The molecule has 10 rings (SSSR count). The van der Waals surface area contributed by atoms with Crippen LogP contribution in [0.3, 0.4) is 0 Å². The number of fused-ring (bicyclic) bond motifs is 5. The largest absolute Gasteiger partial charge is 0.0835 e. The number of hydrogen-bond acceptors (Lipinski definition) is 0. The zero-order valence-corrected chi connectivity index (χ0v) is 29.8. The Morgan fingerprint density at radius 2 is 1.25 bits per heavy atom. The van der Waals surface area contributed by atoms with E-state index in [2.05, 4.69) is 190 Å². The van der Waals surface area contributed by atoms with Gasteiger partial charge in [-0.15, -0.1) is 0 Å². The molecule has 0 aromatic heterocycles. The lowest BCUT2D eigenvalue weighted by Gasteiger charge is -2.43. The van der Waals surface area contributed by atoms with Gasteiger partial charge in [-0.2, -0.15) is 0 Å². The van der Waals surface area contributed by atoms with Crippen LogP contribution in [0.1, 0.15) is 42.9 Å². The Labute approximate surface area is 307 Å². The Hall–Kier alpha value is -5.72. The first-order chi connectivity index (χ1) is 25.8. The third kappa shape index (κ3) is 4.60. The Kier molecular flexibility index (Phi) is 7.46. The van der Waals surface area contributed by atoms with Gasteiger partial charge in [-0.1, -0.05) is 183 Å². The van der Waals surface area contributed by atoms with Crippen LogP contribution in [0.4, 0.5) is 0 Å². The Morgan fingerprint density at radius 3 is 2.02 bits per heavy atom. The topological polar surface area (TPSA) is 0 Å². The van der Waals surface area contributed by atoms with Crippen molar-refractivity contribution in [3.63, 3.8) is 0 Å². The number of allylic oxidation sites excluding steroid dienone is 12. The van der Waals surface area contributed by atoms with Gasteiger partial charge < -0.3 is 0 Å². The van der Waals surface area contributed by atoms with E-state index in [1.54, 1.807) is 5.57 Å². The summed E-state index contributed by atoms with van der Waals surface area (Å²) in [7, 11) is 0. The van der Waals surface area contributed by atoms with Gasteiger partial charge in [-0.05, 0) is 120 Å². The third-order valence-electron chi connectivity index (χ3n) is 12.5. The summed E-state index contributed by atoms with van der Waals surface area (Å²) in [4.78, 5) is 0. The van der Waals surface area contributed by atoms with Crippen molar-refractivity contribution in [3.8, 4) is 11.1 Å². The maximum absolute atomic E-state index is 2.60. The molecular formula is C52H42. The van der Waals surface area contributed by atoms with Crippen LogP contribution in [0.5, 0.6) is 0 Å². The maximum Gasteiger partial charge on any atom is 0.0167 e. The molecule has 6 aromatic rings. The van der Waals surface area contributed by atoms with Gasteiger partial charge in [0.2, 0.25) is 0 Å². The number of rotatable bonds is 5. The van der Waals surface area contributed by atoms with Gasteiger partial charge in [0.05, 0.1) is 0 Å². The fourth-order valence-electron chi connectivity index (χ4n) is 10.5. The van der Waals surface area contributed by atoms with Crippen molar-refractivity contribution >= 4 is 32.7 Å². The highest BCUT2D eigenvalue weighted by atomic mass is 14.6. The fraction of sp³-hybridized carbons (Fsp3) is 0.154. The summed E-state index contributed by atoms with van der Waals surface area (Å²) in [5, 5.41) is 5.19. The maximum atomic E-state index is 2.60. The Bertz CT molecular complexity index is 2560. The molecule has 5 unspecified atom stereocenters. The second kappa shape index (κ2) is 12.5. The molecule has 0 radical (unpaired) electrons. The van der Waals surface area contributed by atoms with Gasteiger partial charge in [0.15, 0.2) is 0 Å². The zero-order valence-electron chi connectivity index (χ0n) is 29.8. The molecule has 0 saturated heterocycles. The predicted molar refractivity (Wildman–Crippen MR) is 221 cm³/mol. The van der Waals surface area contributed by atoms with Crippen molar-refractivity contribution in [2.75, 3.05) is 0 Å². The minimum absolute atomic E-state index is 0.320. The first kappa shape index (κ1) is 31.1. The van der Waals surface area contributed by atoms with Gasteiger partial charge in [0, 0.05) is 5.92 Å². The summed E-state index contributed by atoms with van der Waals surface area (Å²) in [5.41, 5.74) is 15.6. The molecule has 0 heterocycles. The first-order valence-corrected chi connectivity index (χ1v) is 19.1. The second-order valence-electron chi connectivity index (χ2n) is 14.9. The Morgan fingerprint density at radius 1 is 0.596 bits per heavy atom. The smallest absolute Gasteiger partial charge is 0.0167 e. The van der Waals surface area contributed by atoms with E-state index < -0.39 is 0 Å². The van der Waals surface area contributed by atoms with Crippen LogP contribution < -0.4 is 0 Å². The van der Waals surface area contributed by atoms with Crippen LogP contribution in [-0.4, -0.2) is 0 Å². The van der Waals surface area contributed by atoms with E-state index in [1.807, 2.05) is 0 Å². The van der Waals surface area contributed by atoms with E-state index in [-0.39, 0.29) is 0 Å². The van der Waals surface area contributed by atoms with Crippen molar-refractivity contribution in [1.82, 2.24) is 0 Å². The molecule has 5 atom stereocenters. The molecule has 4 aliphatic carbocycles. The standard InChI is InChI=1S/C52H42/c1-3-36-37(4-2)49(35-20-9-6-10-21-35)52-47-32-31-44(45-27-16-28-46(50(45)47)51(52)48(36)34-18-7-5-8-19-34)43-30-29-42(40-24-13-14-25-41(40)43)39-26-15-22-33-17-11-12-23-38(33)39/h3,5-32,37,47,49-50,52H,4H2,1-2H3/b36-3+. The van der Waals surface area contributed by atoms with E-state index in [1.165, 1.54) is 77.2 Å². The summed E-state index contributed by atoms with van der Waals surface area (Å²) in [6.45, 7) is 4.66. The van der Waals surface area contributed by atoms with E-state index in [0.717, 1.165) is 6.42 Å². The van der Waals surface area contributed by atoms with Crippen LogP contribution in [0, 0.1) is 23.7 Å². The molecular weight excluding hydrogens is 625 g/mol. The highest BCUT2D eigenvalue weighted by molar-refractivity contribution is 6.09. The minimum Gasteiger partial charge on any atom is -0.0835 e. The average molecular weight is 667 g/mol. The van der Waals surface area contributed by atoms with E-state index in [9.17, 15) is 0 Å². The SMILES string of the molecule is C/C=C1/C(c2ccccc2)=C2C3=CC=CC4=C(c5ccc(-c6cccc7ccccc67)c6ccccc56)C=CC(C34)C2C(c2ccccc2)C1CC. The molecule has 0 N–H and O–H groups in total. The molecule has 0 nitrogen and oxygen atoms in total. The normalized spacial score (nSPS) is 24.1. The van der Waals surface area contributed by atoms with E-state index in [0.29, 0.717) is 29.6 Å². The highest BCUT2D eigenvalue weighted by Gasteiger charge is 2.54. The number of hydrogen-bond donors (Lipinski definition) is 0. The summed E-state index contributed by atoms with van der Waals surface area (Å²) >= 11 is 0. The first-order valence-electron chi connectivity index (χ1n) is 19.1. The lowest BCUT2D eigenvalue weighted by Crippen LogP contribution is -2.32. The molecule has 250 valence electrons. The van der Waals surface area contributed by atoms with Gasteiger partial charge >= 0.3 is 0 Å². The molecule has 0 spiro atoms. The molecule has 4 aliphatic rings. The van der Waals surface area contributed by atoms with Gasteiger partial charge in [-0.3, -0.25) is 0 Å². The van der Waals surface area contributed by atoms with Gasteiger partial charge in [0.25, 0.3) is 0 Å². The molecule has 52 heavy (non-hydrogen) atoms. The molecule has 0 amide bonds. The van der Waals surface area contributed by atoms with Crippen molar-refractivity contribution in [1.29, 1.82) is 0 Å². The van der Waals surface area contributed by atoms with Gasteiger partial charge in [0.1, 0.15) is 0 Å². The third-order valence-corrected chi connectivity index (χ3v) is 12.5. The Balaban J connectivity index is 1.19. The molecule has 0 heteroatoms.